The molecular formula is C19H22N2O2. The number of carbonyl (C=O) groups is 1. The van der Waals surface area contributed by atoms with E-state index in [1.165, 1.54) is 5.56 Å². The molecule has 23 heavy (non-hydrogen) atoms. The van der Waals surface area contributed by atoms with Crippen LogP contribution in [0.2, 0.25) is 0 Å². The van der Waals surface area contributed by atoms with E-state index in [-0.39, 0.29) is 12.4 Å². The van der Waals surface area contributed by atoms with Crippen molar-refractivity contribution in [3.63, 3.8) is 0 Å². The van der Waals surface area contributed by atoms with Gasteiger partial charge in [0.05, 0.1) is 13.0 Å². The Bertz CT molecular complexity index is 626. The second-order valence-electron chi connectivity index (χ2n) is 5.42. The van der Waals surface area contributed by atoms with Gasteiger partial charge in [-0.15, -0.1) is 0 Å². The van der Waals surface area contributed by atoms with E-state index in [1.807, 2.05) is 48.5 Å². The summed E-state index contributed by atoms with van der Waals surface area (Å²) in [6.07, 6.45) is 0.0595. The molecule has 0 unspecified atom stereocenters. The largest absolute Gasteiger partial charge is 0.464 e. The van der Waals surface area contributed by atoms with E-state index >= 15 is 0 Å². The van der Waals surface area contributed by atoms with Gasteiger partial charge < -0.3 is 15.0 Å². The molecule has 4 nitrogen and oxygen atoms in total. The minimum Gasteiger partial charge on any atom is -0.464 e. The average Bonchev–Trinajstić information content (AvgIpc) is 2.55. The van der Waals surface area contributed by atoms with Crippen molar-refractivity contribution in [3.8, 4) is 0 Å². The first-order valence-corrected chi connectivity index (χ1v) is 7.69. The number of hydrogen-bond acceptors (Lipinski definition) is 4. The van der Waals surface area contributed by atoms with Crippen LogP contribution in [-0.2, 0) is 16.1 Å². The molecule has 2 aromatic rings. The first-order chi connectivity index (χ1) is 11.1. The summed E-state index contributed by atoms with van der Waals surface area (Å²) in [6, 6.07) is 20.3. The van der Waals surface area contributed by atoms with Gasteiger partial charge in [-0.25, -0.2) is 0 Å². The number of rotatable bonds is 8. The van der Waals surface area contributed by atoms with Gasteiger partial charge >= 0.3 is 5.97 Å². The van der Waals surface area contributed by atoms with Gasteiger partial charge in [0.15, 0.2) is 0 Å². The van der Waals surface area contributed by atoms with Gasteiger partial charge in [-0.05, 0) is 24.6 Å². The molecule has 0 saturated heterocycles. The van der Waals surface area contributed by atoms with Crippen molar-refractivity contribution in [1.82, 2.24) is 0 Å². The van der Waals surface area contributed by atoms with Crippen LogP contribution in [0.5, 0.6) is 0 Å². The first kappa shape index (κ1) is 16.7. The van der Waals surface area contributed by atoms with Gasteiger partial charge in [-0.3, -0.25) is 4.79 Å². The van der Waals surface area contributed by atoms with Crippen LogP contribution in [0.1, 0.15) is 18.9 Å². The number of para-hydroxylation sites is 1. The van der Waals surface area contributed by atoms with E-state index in [1.54, 1.807) is 6.92 Å². The van der Waals surface area contributed by atoms with E-state index in [0.717, 1.165) is 12.2 Å². The summed E-state index contributed by atoms with van der Waals surface area (Å²) in [5.41, 5.74) is 2.62. The summed E-state index contributed by atoms with van der Waals surface area (Å²) in [5, 5.41) is 7.32. The maximum atomic E-state index is 11.5. The third-order valence-electron chi connectivity index (χ3n) is 3.37. The van der Waals surface area contributed by atoms with Crippen molar-refractivity contribution in [1.29, 1.82) is 5.41 Å². The number of ether oxygens (including phenoxy) is 1. The summed E-state index contributed by atoms with van der Waals surface area (Å²) in [6.45, 7) is 3.29. The predicted molar refractivity (Wildman–Crippen MR) is 92.9 cm³/mol. The normalized spacial score (nSPS) is 10.1. The van der Waals surface area contributed by atoms with Crippen LogP contribution in [0.25, 0.3) is 0 Å². The molecule has 0 bridgehead atoms. The molecule has 120 valence electrons. The van der Waals surface area contributed by atoms with Gasteiger partial charge in [-0.2, -0.15) is 0 Å². The molecule has 0 atom stereocenters. The number of benzene rings is 2. The maximum absolute atomic E-state index is 11.5. The number of carbonyl (C=O) groups excluding carboxylic acids is 1. The quantitative estimate of drug-likeness (QED) is 0.598. The fraction of sp³-hybridized carbons (Fsp3) is 0.263. The summed E-state index contributed by atoms with van der Waals surface area (Å²) in [5.74, 6) is -0.342. The Morgan fingerprint density at radius 2 is 1.65 bits per heavy atom. The summed E-state index contributed by atoms with van der Waals surface area (Å²) < 4.78 is 5.22. The second kappa shape index (κ2) is 8.73. The number of hydrogen-bond donors (Lipinski definition) is 1. The van der Waals surface area contributed by atoms with Crippen LogP contribution in [-0.4, -0.2) is 24.8 Å². The highest BCUT2D eigenvalue weighted by Gasteiger charge is 2.09. The molecule has 0 aliphatic heterocycles. The van der Waals surface area contributed by atoms with E-state index in [0.29, 0.717) is 18.9 Å². The lowest BCUT2D eigenvalue weighted by Gasteiger charge is -2.25. The van der Waals surface area contributed by atoms with Crippen molar-refractivity contribution in [3.05, 3.63) is 66.2 Å². The van der Waals surface area contributed by atoms with Gasteiger partial charge in [0.25, 0.3) is 0 Å². The number of nitrogens with one attached hydrogen (secondary N) is 1. The predicted octanol–water partition coefficient (Wildman–Crippen LogP) is 3.67. The van der Waals surface area contributed by atoms with Gasteiger partial charge in [-0.1, -0.05) is 48.5 Å². The zero-order valence-electron chi connectivity index (χ0n) is 13.4. The fourth-order valence-electron chi connectivity index (χ4n) is 2.28. The SMILES string of the molecule is CC(=N)CC(=O)OCCN(Cc1ccccc1)c1ccccc1. The van der Waals surface area contributed by atoms with E-state index < -0.39 is 0 Å². The minimum atomic E-state index is -0.342. The van der Waals surface area contributed by atoms with Crippen LogP contribution in [0.3, 0.4) is 0 Å². The van der Waals surface area contributed by atoms with Gasteiger partial charge in [0.1, 0.15) is 6.61 Å². The Morgan fingerprint density at radius 1 is 1.04 bits per heavy atom. The summed E-state index contributed by atoms with van der Waals surface area (Å²) in [7, 11) is 0. The molecule has 0 fully saturated rings. The first-order valence-electron chi connectivity index (χ1n) is 7.69. The van der Waals surface area contributed by atoms with E-state index in [4.69, 9.17) is 10.1 Å². The molecule has 4 heteroatoms. The lowest BCUT2D eigenvalue weighted by atomic mass is 10.2. The van der Waals surface area contributed by atoms with Crippen molar-refractivity contribution in [2.24, 2.45) is 0 Å². The molecule has 0 spiro atoms. The number of anilines is 1. The Kier molecular flexibility index (Phi) is 6.36. The number of esters is 1. The fourth-order valence-corrected chi connectivity index (χ4v) is 2.28. The average molecular weight is 310 g/mol. The van der Waals surface area contributed by atoms with Gasteiger partial charge in [0, 0.05) is 17.9 Å². The van der Waals surface area contributed by atoms with E-state index in [9.17, 15) is 4.79 Å². The van der Waals surface area contributed by atoms with Crippen LogP contribution < -0.4 is 4.90 Å². The minimum absolute atomic E-state index is 0.0595. The second-order valence-corrected chi connectivity index (χ2v) is 5.42. The molecule has 0 aliphatic rings. The molecule has 0 saturated carbocycles. The highest BCUT2D eigenvalue weighted by molar-refractivity contribution is 5.95. The van der Waals surface area contributed by atoms with Crippen LogP contribution in [0, 0.1) is 5.41 Å². The van der Waals surface area contributed by atoms with Crippen molar-refractivity contribution in [2.45, 2.75) is 19.9 Å². The van der Waals surface area contributed by atoms with Crippen LogP contribution in [0.4, 0.5) is 5.69 Å². The molecular weight excluding hydrogens is 288 g/mol. The lowest BCUT2D eigenvalue weighted by molar-refractivity contribution is -0.141. The van der Waals surface area contributed by atoms with Gasteiger partial charge in [0.2, 0.25) is 0 Å². The number of nitrogens with zero attached hydrogens (tertiary/aromatic N) is 1. The van der Waals surface area contributed by atoms with E-state index in [2.05, 4.69) is 17.0 Å². The monoisotopic (exact) mass is 310 g/mol. The topological polar surface area (TPSA) is 53.4 Å². The van der Waals surface area contributed by atoms with Crippen LogP contribution in [0.15, 0.2) is 60.7 Å². The van der Waals surface area contributed by atoms with Crippen LogP contribution >= 0.6 is 0 Å². The zero-order chi connectivity index (χ0) is 16.5. The molecule has 0 aromatic heterocycles. The maximum Gasteiger partial charge on any atom is 0.311 e. The molecule has 1 N–H and O–H groups in total. The smallest absolute Gasteiger partial charge is 0.311 e. The third kappa shape index (κ3) is 5.94. The lowest BCUT2D eigenvalue weighted by Crippen LogP contribution is -2.28. The highest BCUT2D eigenvalue weighted by atomic mass is 16.5. The molecule has 0 radical (unpaired) electrons. The molecule has 2 rings (SSSR count). The van der Waals surface area contributed by atoms with Crippen molar-refractivity contribution >= 4 is 17.4 Å². The molecule has 2 aromatic carbocycles. The Morgan fingerprint density at radius 3 is 2.26 bits per heavy atom. The molecule has 0 heterocycles. The molecule has 0 amide bonds. The highest BCUT2D eigenvalue weighted by Crippen LogP contribution is 2.16. The summed E-state index contributed by atoms with van der Waals surface area (Å²) >= 11 is 0. The third-order valence-corrected chi connectivity index (χ3v) is 3.37. The summed E-state index contributed by atoms with van der Waals surface area (Å²) in [4.78, 5) is 13.7. The van der Waals surface area contributed by atoms with Crippen molar-refractivity contribution in [2.75, 3.05) is 18.1 Å². The Hall–Kier alpha value is -2.62. The van der Waals surface area contributed by atoms with Crippen molar-refractivity contribution < 1.29 is 9.53 Å². The zero-order valence-corrected chi connectivity index (χ0v) is 13.4. The Balaban J connectivity index is 1.97. The molecule has 0 aliphatic carbocycles. The Labute approximate surface area is 137 Å². The standard InChI is InChI=1S/C19H22N2O2/c1-16(20)14-19(22)23-13-12-21(18-10-6-3-7-11-18)15-17-8-4-2-5-9-17/h2-11,20H,12-15H2,1H3.